The van der Waals surface area contributed by atoms with E-state index in [0.29, 0.717) is 6.54 Å². The van der Waals surface area contributed by atoms with E-state index in [-0.39, 0.29) is 0 Å². The van der Waals surface area contributed by atoms with Crippen molar-refractivity contribution in [3.63, 3.8) is 0 Å². The van der Waals surface area contributed by atoms with Gasteiger partial charge >= 0.3 is 0 Å². The van der Waals surface area contributed by atoms with Gasteiger partial charge in [0.2, 0.25) is 0 Å². The Labute approximate surface area is 97.7 Å². The molecule has 0 atom stereocenters. The lowest BCUT2D eigenvalue weighted by atomic mass is 10.0. The Morgan fingerprint density at radius 1 is 1.50 bits per heavy atom. The number of rotatable bonds is 3. The van der Waals surface area contributed by atoms with Crippen LogP contribution in [0, 0.1) is 12.3 Å². The predicted octanol–water partition coefficient (Wildman–Crippen LogP) is 2.11. The van der Waals surface area contributed by atoms with Crippen molar-refractivity contribution in [1.29, 1.82) is 0 Å². The maximum atomic E-state index is 5.29. The molecule has 0 amide bonds. The highest BCUT2D eigenvalue weighted by molar-refractivity contribution is 5.54. The minimum Gasteiger partial charge on any atom is -0.385 e. The van der Waals surface area contributed by atoms with E-state index in [2.05, 4.69) is 41.4 Å². The van der Waals surface area contributed by atoms with Gasteiger partial charge in [0.15, 0.2) is 0 Å². The molecule has 84 valence electrons. The lowest BCUT2D eigenvalue weighted by molar-refractivity contribution is 0.369. The summed E-state index contributed by atoms with van der Waals surface area (Å²) in [5.41, 5.74) is 4.09. The van der Waals surface area contributed by atoms with Crippen LogP contribution in [0.15, 0.2) is 18.2 Å². The van der Waals surface area contributed by atoms with E-state index in [4.69, 9.17) is 6.42 Å². The molecule has 0 bridgehead atoms. The standard InChI is InChI=1S/C14H18N2/c1-3-9-16(2)11-12-6-7-14-13(10-12)5-4-8-15-14/h1,6-7,10,15H,4-5,8-9,11H2,2H3. The highest BCUT2D eigenvalue weighted by Gasteiger charge is 2.09. The molecule has 0 radical (unpaired) electrons. The molecule has 1 aromatic carbocycles. The van der Waals surface area contributed by atoms with Crippen LogP contribution in [-0.2, 0) is 13.0 Å². The number of hydrogen-bond donors (Lipinski definition) is 1. The summed E-state index contributed by atoms with van der Waals surface area (Å²) >= 11 is 0. The third-order valence-corrected chi connectivity index (χ3v) is 2.92. The van der Waals surface area contributed by atoms with Crippen LogP contribution in [0.2, 0.25) is 0 Å². The van der Waals surface area contributed by atoms with Crippen LogP contribution in [0.5, 0.6) is 0 Å². The first-order valence-electron chi connectivity index (χ1n) is 5.77. The number of terminal acetylenes is 1. The fraction of sp³-hybridized carbons (Fsp3) is 0.429. The van der Waals surface area contributed by atoms with Crippen molar-refractivity contribution in [2.24, 2.45) is 0 Å². The van der Waals surface area contributed by atoms with Crippen molar-refractivity contribution in [3.8, 4) is 12.3 Å². The average molecular weight is 214 g/mol. The molecule has 0 fully saturated rings. The molecular weight excluding hydrogens is 196 g/mol. The van der Waals surface area contributed by atoms with E-state index in [1.165, 1.54) is 29.7 Å². The minimum absolute atomic E-state index is 0.704. The largest absolute Gasteiger partial charge is 0.385 e. The van der Waals surface area contributed by atoms with Crippen LogP contribution < -0.4 is 5.32 Å². The zero-order valence-corrected chi connectivity index (χ0v) is 9.79. The number of nitrogens with one attached hydrogen (secondary N) is 1. The monoisotopic (exact) mass is 214 g/mol. The van der Waals surface area contributed by atoms with Crippen LogP contribution in [0.3, 0.4) is 0 Å². The summed E-state index contributed by atoms with van der Waals surface area (Å²) < 4.78 is 0. The zero-order valence-electron chi connectivity index (χ0n) is 9.79. The van der Waals surface area contributed by atoms with Crippen molar-refractivity contribution in [1.82, 2.24) is 4.90 Å². The molecule has 0 spiro atoms. The summed E-state index contributed by atoms with van der Waals surface area (Å²) in [7, 11) is 2.05. The Hall–Kier alpha value is -1.46. The summed E-state index contributed by atoms with van der Waals surface area (Å²) in [5.74, 6) is 2.66. The van der Waals surface area contributed by atoms with Crippen molar-refractivity contribution < 1.29 is 0 Å². The first-order chi connectivity index (χ1) is 7.79. The van der Waals surface area contributed by atoms with Gasteiger partial charge in [-0.1, -0.05) is 18.1 Å². The van der Waals surface area contributed by atoms with E-state index >= 15 is 0 Å². The minimum atomic E-state index is 0.704. The molecule has 1 aliphatic heterocycles. The fourth-order valence-electron chi connectivity index (χ4n) is 2.15. The molecule has 0 saturated carbocycles. The van der Waals surface area contributed by atoms with Crippen molar-refractivity contribution >= 4 is 5.69 Å². The van der Waals surface area contributed by atoms with Gasteiger partial charge in [-0.05, 0) is 37.1 Å². The van der Waals surface area contributed by atoms with Crippen molar-refractivity contribution in [3.05, 3.63) is 29.3 Å². The molecule has 1 heterocycles. The topological polar surface area (TPSA) is 15.3 Å². The highest BCUT2D eigenvalue weighted by Crippen LogP contribution is 2.23. The Morgan fingerprint density at radius 3 is 3.19 bits per heavy atom. The third kappa shape index (κ3) is 2.56. The van der Waals surface area contributed by atoms with Crippen molar-refractivity contribution in [2.75, 3.05) is 25.5 Å². The molecule has 2 rings (SSSR count). The smallest absolute Gasteiger partial charge is 0.0599 e. The summed E-state index contributed by atoms with van der Waals surface area (Å²) in [6.45, 7) is 2.73. The molecule has 0 saturated heterocycles. The van der Waals surface area contributed by atoms with Crippen LogP contribution >= 0.6 is 0 Å². The van der Waals surface area contributed by atoms with E-state index < -0.39 is 0 Å². The van der Waals surface area contributed by atoms with E-state index in [1.807, 2.05) is 0 Å². The van der Waals surface area contributed by atoms with Gasteiger partial charge in [0.25, 0.3) is 0 Å². The Bertz CT molecular complexity index is 404. The molecule has 0 aromatic heterocycles. The Balaban J connectivity index is 2.08. The summed E-state index contributed by atoms with van der Waals surface area (Å²) in [6.07, 6.45) is 7.71. The lowest BCUT2D eigenvalue weighted by Gasteiger charge is -2.20. The van der Waals surface area contributed by atoms with E-state index in [1.54, 1.807) is 0 Å². The Morgan fingerprint density at radius 2 is 2.38 bits per heavy atom. The number of anilines is 1. The SMILES string of the molecule is C#CCN(C)Cc1ccc2c(c1)CCCN2. The first kappa shape index (κ1) is 11.0. The molecule has 1 N–H and O–H groups in total. The van der Waals surface area contributed by atoms with Gasteiger partial charge in [-0.25, -0.2) is 0 Å². The predicted molar refractivity (Wildman–Crippen MR) is 68.4 cm³/mol. The zero-order chi connectivity index (χ0) is 11.4. The van der Waals surface area contributed by atoms with Crippen LogP contribution in [0.1, 0.15) is 17.5 Å². The fourth-order valence-corrected chi connectivity index (χ4v) is 2.15. The quantitative estimate of drug-likeness (QED) is 0.775. The van der Waals surface area contributed by atoms with Gasteiger partial charge in [-0.2, -0.15) is 0 Å². The van der Waals surface area contributed by atoms with Crippen LogP contribution in [0.4, 0.5) is 5.69 Å². The normalized spacial score (nSPS) is 14.1. The van der Waals surface area contributed by atoms with Crippen molar-refractivity contribution in [2.45, 2.75) is 19.4 Å². The molecule has 16 heavy (non-hydrogen) atoms. The molecule has 1 aliphatic rings. The maximum Gasteiger partial charge on any atom is 0.0599 e. The number of benzene rings is 1. The number of nitrogens with zero attached hydrogens (tertiary/aromatic N) is 1. The van der Waals surface area contributed by atoms with Crippen LogP contribution in [-0.4, -0.2) is 25.0 Å². The van der Waals surface area contributed by atoms with Gasteiger partial charge in [-0.3, -0.25) is 4.90 Å². The molecule has 0 aliphatic carbocycles. The van der Waals surface area contributed by atoms with Gasteiger partial charge in [-0.15, -0.1) is 6.42 Å². The number of fused-ring (bicyclic) bond motifs is 1. The van der Waals surface area contributed by atoms with E-state index in [9.17, 15) is 0 Å². The molecular formula is C14H18N2. The van der Waals surface area contributed by atoms with Gasteiger partial charge in [0, 0.05) is 18.8 Å². The third-order valence-electron chi connectivity index (χ3n) is 2.92. The first-order valence-corrected chi connectivity index (χ1v) is 5.77. The Kier molecular flexibility index (Phi) is 3.48. The molecule has 2 heteroatoms. The number of aryl methyl sites for hydroxylation is 1. The highest BCUT2D eigenvalue weighted by atomic mass is 15.1. The second-order valence-electron chi connectivity index (χ2n) is 4.40. The summed E-state index contributed by atoms with van der Waals surface area (Å²) in [5, 5.41) is 3.42. The number of hydrogen-bond acceptors (Lipinski definition) is 2. The summed E-state index contributed by atoms with van der Waals surface area (Å²) in [4.78, 5) is 2.15. The second-order valence-corrected chi connectivity index (χ2v) is 4.40. The molecule has 1 aromatic rings. The van der Waals surface area contributed by atoms with Gasteiger partial charge in [0.1, 0.15) is 0 Å². The van der Waals surface area contributed by atoms with Crippen LogP contribution in [0.25, 0.3) is 0 Å². The van der Waals surface area contributed by atoms with E-state index in [0.717, 1.165) is 13.1 Å². The van der Waals surface area contributed by atoms with Gasteiger partial charge < -0.3 is 5.32 Å². The lowest BCUT2D eigenvalue weighted by Crippen LogP contribution is -2.18. The average Bonchev–Trinajstić information content (AvgIpc) is 2.29. The summed E-state index contributed by atoms with van der Waals surface area (Å²) in [6, 6.07) is 6.67. The maximum absolute atomic E-state index is 5.29. The molecule has 2 nitrogen and oxygen atoms in total. The van der Waals surface area contributed by atoms with Gasteiger partial charge in [0.05, 0.1) is 6.54 Å². The molecule has 0 unspecified atom stereocenters. The second kappa shape index (κ2) is 5.05.